The summed E-state index contributed by atoms with van der Waals surface area (Å²) in [5.74, 6) is 1.70. The number of hydrogen-bond donors (Lipinski definition) is 0. The Morgan fingerprint density at radius 3 is 2.39 bits per heavy atom. The summed E-state index contributed by atoms with van der Waals surface area (Å²) in [6.45, 7) is 11.3. The van der Waals surface area contributed by atoms with Crippen molar-refractivity contribution in [1.29, 1.82) is 0 Å². The third-order valence-corrected chi connectivity index (χ3v) is 9.37. The number of allylic oxidation sites excluding steroid dienone is 1. The van der Waals surface area contributed by atoms with Gasteiger partial charge in [0.2, 0.25) is 0 Å². The van der Waals surface area contributed by atoms with Gasteiger partial charge in [0.15, 0.2) is 27.8 Å². The Kier molecular flexibility index (Phi) is 11.0. The monoisotopic (exact) mass is 704 g/mol. The average molecular weight is 705 g/mol. The summed E-state index contributed by atoms with van der Waals surface area (Å²) in [7, 11) is 1.31. The van der Waals surface area contributed by atoms with Crippen LogP contribution in [-0.2, 0) is 22.6 Å². The summed E-state index contributed by atoms with van der Waals surface area (Å²) in [5.41, 5.74) is 3.26. The SMILES string of the molecule is C=CCc1cc(/C=c2\sc3n(c2=O)[C@@H](c2ccc(OCC)c(OCC)c2)C(C(=O)OC)=CN=3)cc(OCC)c1OCc1cccc2ccccc12. The van der Waals surface area contributed by atoms with Crippen molar-refractivity contribution in [3.8, 4) is 23.0 Å². The van der Waals surface area contributed by atoms with Crippen molar-refractivity contribution in [1.82, 2.24) is 4.57 Å². The van der Waals surface area contributed by atoms with Gasteiger partial charge in [-0.3, -0.25) is 9.36 Å². The highest BCUT2D eigenvalue weighted by Gasteiger charge is 2.31. The van der Waals surface area contributed by atoms with Crippen molar-refractivity contribution < 1.29 is 28.5 Å². The smallest absolute Gasteiger partial charge is 0.337 e. The van der Waals surface area contributed by atoms with E-state index in [4.69, 9.17) is 23.7 Å². The highest BCUT2D eigenvalue weighted by Crippen LogP contribution is 2.37. The van der Waals surface area contributed by atoms with Gasteiger partial charge in [0.25, 0.3) is 5.56 Å². The topological polar surface area (TPSA) is 97.6 Å². The summed E-state index contributed by atoms with van der Waals surface area (Å²) in [5, 5.41) is 2.27. The zero-order chi connectivity index (χ0) is 35.9. The van der Waals surface area contributed by atoms with E-state index in [0.717, 1.165) is 27.5 Å². The van der Waals surface area contributed by atoms with Crippen molar-refractivity contribution in [2.24, 2.45) is 4.99 Å². The van der Waals surface area contributed by atoms with Crippen LogP contribution < -0.4 is 33.8 Å². The molecule has 4 aromatic carbocycles. The predicted molar refractivity (Wildman–Crippen MR) is 200 cm³/mol. The molecule has 6 rings (SSSR count). The molecule has 262 valence electrons. The van der Waals surface area contributed by atoms with Gasteiger partial charge < -0.3 is 23.7 Å². The molecule has 1 aliphatic rings. The molecule has 1 aromatic heterocycles. The van der Waals surface area contributed by atoms with Crippen LogP contribution in [0.15, 0.2) is 107 Å². The fourth-order valence-corrected chi connectivity index (χ4v) is 7.18. The zero-order valence-corrected chi connectivity index (χ0v) is 30.0. The van der Waals surface area contributed by atoms with Crippen LogP contribution in [0.4, 0.5) is 0 Å². The van der Waals surface area contributed by atoms with E-state index in [2.05, 4.69) is 35.8 Å². The van der Waals surface area contributed by atoms with Crippen LogP contribution in [0.1, 0.15) is 49.1 Å². The van der Waals surface area contributed by atoms with Gasteiger partial charge in [-0.1, -0.05) is 65.9 Å². The van der Waals surface area contributed by atoms with Gasteiger partial charge >= 0.3 is 5.97 Å². The standard InChI is InChI=1S/C41H40N2O7S/c1-6-13-29-20-26(21-35(49-9-4)38(29)50-25-30-16-12-15-27-14-10-11-17-31(27)30)22-36-39(44)43-37(32(40(45)46-5)24-42-41(43)51-36)28-18-19-33(47-7-2)34(23-28)48-8-3/h6,10-12,14-24,37H,1,7-9,13,25H2,2-5H3/b36-22-/t37-/m0/s1. The molecule has 9 nitrogen and oxygen atoms in total. The van der Waals surface area contributed by atoms with Crippen molar-refractivity contribution in [2.45, 2.75) is 39.8 Å². The first-order valence-electron chi connectivity index (χ1n) is 16.9. The Bertz CT molecular complexity index is 2300. The highest BCUT2D eigenvalue weighted by molar-refractivity contribution is 7.07. The second kappa shape index (κ2) is 15.9. The normalized spacial score (nSPS) is 13.9. The number of nitrogens with zero attached hydrogens (tertiary/aromatic N) is 2. The predicted octanol–water partition coefficient (Wildman–Crippen LogP) is 6.67. The lowest BCUT2D eigenvalue weighted by Crippen LogP contribution is -2.39. The second-order valence-electron chi connectivity index (χ2n) is 11.6. The van der Waals surface area contributed by atoms with E-state index in [1.165, 1.54) is 29.2 Å². The molecule has 2 heterocycles. The number of methoxy groups -OCH3 is 1. The third kappa shape index (κ3) is 7.32. The van der Waals surface area contributed by atoms with Gasteiger partial charge in [0.1, 0.15) is 6.61 Å². The number of carbonyl (C=O) groups is 1. The first-order chi connectivity index (χ1) is 24.9. The van der Waals surface area contributed by atoms with Crippen molar-refractivity contribution in [3.63, 3.8) is 0 Å². The van der Waals surface area contributed by atoms with Gasteiger partial charge in [0, 0.05) is 11.8 Å². The number of rotatable bonds is 14. The molecule has 0 bridgehead atoms. The molecular weight excluding hydrogens is 665 g/mol. The van der Waals surface area contributed by atoms with Crippen LogP contribution in [-0.4, -0.2) is 37.5 Å². The Morgan fingerprint density at radius 1 is 0.882 bits per heavy atom. The lowest BCUT2D eigenvalue weighted by molar-refractivity contribution is -0.136. The Morgan fingerprint density at radius 2 is 1.63 bits per heavy atom. The van der Waals surface area contributed by atoms with Gasteiger partial charge in [-0.2, -0.15) is 0 Å². The average Bonchev–Trinajstić information content (AvgIpc) is 3.46. The number of carbonyl (C=O) groups excluding carboxylic acids is 1. The molecule has 0 fully saturated rings. The summed E-state index contributed by atoms with van der Waals surface area (Å²) < 4.78 is 31.3. The lowest BCUT2D eigenvalue weighted by Gasteiger charge is -2.23. The summed E-state index contributed by atoms with van der Waals surface area (Å²) in [4.78, 5) is 32.3. The van der Waals surface area contributed by atoms with Crippen molar-refractivity contribution in [2.75, 3.05) is 26.9 Å². The molecule has 0 saturated carbocycles. The molecule has 5 aromatic rings. The number of benzene rings is 4. The summed E-state index contributed by atoms with van der Waals surface area (Å²) in [6, 6.07) is 22.9. The second-order valence-corrected chi connectivity index (χ2v) is 12.6. The molecule has 0 unspecified atom stereocenters. The first kappa shape index (κ1) is 35.2. The van der Waals surface area contributed by atoms with E-state index in [-0.39, 0.29) is 11.1 Å². The fraction of sp³-hybridized carbons (Fsp3) is 0.244. The van der Waals surface area contributed by atoms with E-state index < -0.39 is 12.0 Å². The number of thiazole rings is 1. The molecule has 0 radical (unpaired) electrons. The van der Waals surface area contributed by atoms with Crippen LogP contribution in [0, 0.1) is 0 Å². The highest BCUT2D eigenvalue weighted by atomic mass is 32.1. The number of aromatic nitrogens is 1. The first-order valence-corrected chi connectivity index (χ1v) is 17.7. The van der Waals surface area contributed by atoms with E-state index in [1.54, 1.807) is 12.1 Å². The van der Waals surface area contributed by atoms with Crippen molar-refractivity contribution in [3.05, 3.63) is 139 Å². The quantitative estimate of drug-likeness (QED) is 0.0941. The van der Waals surface area contributed by atoms with Crippen LogP contribution in [0.5, 0.6) is 23.0 Å². The fourth-order valence-electron chi connectivity index (χ4n) is 6.21. The molecule has 51 heavy (non-hydrogen) atoms. The van der Waals surface area contributed by atoms with Crippen LogP contribution in [0.25, 0.3) is 16.8 Å². The zero-order valence-electron chi connectivity index (χ0n) is 29.1. The van der Waals surface area contributed by atoms with E-state index in [0.29, 0.717) is 70.7 Å². The maximum atomic E-state index is 14.3. The molecule has 0 aliphatic carbocycles. The maximum absolute atomic E-state index is 14.3. The molecule has 0 saturated heterocycles. The van der Waals surface area contributed by atoms with Gasteiger partial charge in [-0.15, -0.1) is 6.58 Å². The minimum atomic E-state index is -0.800. The molecule has 0 N–H and O–H groups in total. The van der Waals surface area contributed by atoms with Gasteiger partial charge in [0.05, 0.1) is 43.1 Å². The maximum Gasteiger partial charge on any atom is 0.337 e. The van der Waals surface area contributed by atoms with Crippen molar-refractivity contribution >= 4 is 34.2 Å². The van der Waals surface area contributed by atoms with Crippen LogP contribution in [0.2, 0.25) is 0 Å². The van der Waals surface area contributed by atoms with E-state index in [9.17, 15) is 9.59 Å². The van der Waals surface area contributed by atoms with Crippen LogP contribution >= 0.6 is 11.3 Å². The number of hydrogen-bond acceptors (Lipinski definition) is 9. The van der Waals surface area contributed by atoms with E-state index >= 15 is 0 Å². The summed E-state index contributed by atoms with van der Waals surface area (Å²) in [6.07, 6.45) is 5.63. The molecule has 10 heteroatoms. The lowest BCUT2D eigenvalue weighted by atomic mass is 9.97. The molecular formula is C41H40N2O7S. The minimum absolute atomic E-state index is 0.225. The van der Waals surface area contributed by atoms with Gasteiger partial charge in [-0.05, 0) is 85.0 Å². The number of esters is 1. The minimum Gasteiger partial charge on any atom is -0.490 e. The Balaban J connectivity index is 1.43. The number of fused-ring (bicyclic) bond motifs is 2. The molecule has 1 aliphatic heterocycles. The molecule has 0 spiro atoms. The Hall–Kier alpha value is -5.61. The number of ether oxygens (including phenoxy) is 5. The summed E-state index contributed by atoms with van der Waals surface area (Å²) >= 11 is 1.24. The molecule has 0 amide bonds. The van der Waals surface area contributed by atoms with E-state index in [1.807, 2.05) is 69.3 Å². The largest absolute Gasteiger partial charge is 0.490 e. The molecule has 1 atom stereocenters. The van der Waals surface area contributed by atoms with Crippen LogP contribution in [0.3, 0.4) is 0 Å². The Labute approximate surface area is 300 Å². The van der Waals surface area contributed by atoms with Gasteiger partial charge in [-0.25, -0.2) is 9.79 Å². The third-order valence-electron chi connectivity index (χ3n) is 8.38.